The monoisotopic (exact) mass is 217 g/mol. The Bertz CT molecular complexity index is 418. The number of carbonyl (C=O) groups is 1. The first-order valence-electron chi connectivity index (χ1n) is 5.74. The number of anilines is 1. The fourth-order valence-corrected chi connectivity index (χ4v) is 2.42. The first-order chi connectivity index (χ1) is 7.84. The molecule has 4 heteroatoms. The standard InChI is InChI=1S/C12H15N3O/c16-12-8-4-1-2-5-9(8)14-11-10(15-12)6-3-7-13-11/h1-2,4-5,10-11,13-14H,3,6-7H2,(H,15,16)/t10-,11+/m0/s1. The summed E-state index contributed by atoms with van der Waals surface area (Å²) in [5, 5.41) is 9.87. The number of benzene rings is 1. The molecule has 3 rings (SSSR count). The van der Waals surface area contributed by atoms with E-state index in [1.54, 1.807) is 0 Å². The second-order valence-electron chi connectivity index (χ2n) is 4.34. The third kappa shape index (κ3) is 1.55. The highest BCUT2D eigenvalue weighted by Crippen LogP contribution is 2.22. The largest absolute Gasteiger partial charge is 0.367 e. The molecule has 16 heavy (non-hydrogen) atoms. The van der Waals surface area contributed by atoms with Crippen LogP contribution in [0.5, 0.6) is 0 Å². The molecular formula is C12H15N3O. The van der Waals surface area contributed by atoms with E-state index in [0.717, 1.165) is 30.6 Å². The molecule has 1 fully saturated rings. The van der Waals surface area contributed by atoms with Crippen LogP contribution >= 0.6 is 0 Å². The summed E-state index contributed by atoms with van der Waals surface area (Å²) >= 11 is 0. The minimum absolute atomic E-state index is 0.0271. The first-order valence-corrected chi connectivity index (χ1v) is 5.74. The summed E-state index contributed by atoms with van der Waals surface area (Å²) in [7, 11) is 0. The summed E-state index contributed by atoms with van der Waals surface area (Å²) in [6.45, 7) is 1.01. The fourth-order valence-electron chi connectivity index (χ4n) is 2.42. The minimum atomic E-state index is 0.0271. The lowest BCUT2D eigenvalue weighted by molar-refractivity contribution is 0.0927. The Hall–Kier alpha value is -1.55. The maximum Gasteiger partial charge on any atom is 0.253 e. The Labute approximate surface area is 94.4 Å². The van der Waals surface area contributed by atoms with Gasteiger partial charge in [-0.15, -0.1) is 0 Å². The molecule has 2 atom stereocenters. The number of hydrogen-bond acceptors (Lipinski definition) is 3. The molecule has 1 aromatic rings. The van der Waals surface area contributed by atoms with Crippen molar-refractivity contribution in [2.75, 3.05) is 11.9 Å². The third-order valence-corrected chi connectivity index (χ3v) is 3.26. The average molecular weight is 217 g/mol. The Morgan fingerprint density at radius 2 is 2.06 bits per heavy atom. The maximum absolute atomic E-state index is 12.0. The van der Waals surface area contributed by atoms with Crippen molar-refractivity contribution in [2.45, 2.75) is 25.0 Å². The van der Waals surface area contributed by atoms with Gasteiger partial charge in [-0.05, 0) is 31.5 Å². The van der Waals surface area contributed by atoms with Crippen molar-refractivity contribution in [1.29, 1.82) is 0 Å². The quantitative estimate of drug-likeness (QED) is 0.605. The minimum Gasteiger partial charge on any atom is -0.367 e. The van der Waals surface area contributed by atoms with Crippen molar-refractivity contribution in [1.82, 2.24) is 10.6 Å². The van der Waals surface area contributed by atoms with E-state index in [4.69, 9.17) is 0 Å². The van der Waals surface area contributed by atoms with Crippen LogP contribution in [0, 0.1) is 0 Å². The number of hydrogen-bond donors (Lipinski definition) is 3. The van der Waals surface area contributed by atoms with Gasteiger partial charge in [0.05, 0.1) is 17.8 Å². The van der Waals surface area contributed by atoms with Crippen LogP contribution in [0.15, 0.2) is 24.3 Å². The van der Waals surface area contributed by atoms with E-state index in [1.165, 1.54) is 0 Å². The number of fused-ring (bicyclic) bond motifs is 2. The predicted octanol–water partition coefficient (Wildman–Crippen LogP) is 0.920. The van der Waals surface area contributed by atoms with E-state index in [1.807, 2.05) is 24.3 Å². The van der Waals surface area contributed by atoms with Gasteiger partial charge in [-0.25, -0.2) is 0 Å². The van der Waals surface area contributed by atoms with Crippen molar-refractivity contribution in [3.8, 4) is 0 Å². The van der Waals surface area contributed by atoms with Crippen molar-refractivity contribution < 1.29 is 4.79 Å². The molecular weight excluding hydrogens is 202 g/mol. The molecule has 2 aliphatic heterocycles. The van der Waals surface area contributed by atoms with Gasteiger partial charge in [-0.3, -0.25) is 10.1 Å². The number of rotatable bonds is 0. The zero-order chi connectivity index (χ0) is 11.0. The molecule has 84 valence electrons. The van der Waals surface area contributed by atoms with Gasteiger partial charge < -0.3 is 10.6 Å². The number of nitrogens with one attached hydrogen (secondary N) is 3. The Kier molecular flexibility index (Phi) is 2.29. The van der Waals surface area contributed by atoms with Gasteiger partial charge in [-0.2, -0.15) is 0 Å². The molecule has 0 spiro atoms. The summed E-state index contributed by atoms with van der Waals surface area (Å²) in [6.07, 6.45) is 2.30. The second kappa shape index (κ2) is 3.79. The van der Waals surface area contributed by atoms with Gasteiger partial charge >= 0.3 is 0 Å². The lowest BCUT2D eigenvalue weighted by Gasteiger charge is -2.32. The van der Waals surface area contributed by atoms with Crippen LogP contribution in [-0.2, 0) is 0 Å². The number of amides is 1. The molecule has 4 nitrogen and oxygen atoms in total. The number of para-hydroxylation sites is 1. The molecule has 0 bridgehead atoms. The lowest BCUT2D eigenvalue weighted by atomic mass is 10.0. The molecule has 2 aliphatic rings. The summed E-state index contributed by atoms with van der Waals surface area (Å²) in [5.41, 5.74) is 1.65. The van der Waals surface area contributed by atoms with E-state index < -0.39 is 0 Å². The van der Waals surface area contributed by atoms with Crippen molar-refractivity contribution >= 4 is 11.6 Å². The van der Waals surface area contributed by atoms with Gasteiger partial charge in [0.1, 0.15) is 0 Å². The highest BCUT2D eigenvalue weighted by atomic mass is 16.1. The van der Waals surface area contributed by atoms with E-state index >= 15 is 0 Å². The average Bonchev–Trinajstić information content (AvgIpc) is 2.45. The summed E-state index contributed by atoms with van der Waals surface area (Å²) in [5.74, 6) is 0.0271. The Morgan fingerprint density at radius 3 is 3.00 bits per heavy atom. The Morgan fingerprint density at radius 1 is 1.19 bits per heavy atom. The zero-order valence-corrected chi connectivity index (χ0v) is 8.99. The maximum atomic E-state index is 12.0. The number of piperidine rings is 1. The Balaban J connectivity index is 1.97. The van der Waals surface area contributed by atoms with Crippen LogP contribution in [0.2, 0.25) is 0 Å². The van der Waals surface area contributed by atoms with Crippen LogP contribution in [0.3, 0.4) is 0 Å². The van der Waals surface area contributed by atoms with E-state index in [2.05, 4.69) is 16.0 Å². The molecule has 0 aromatic heterocycles. The molecule has 0 radical (unpaired) electrons. The topological polar surface area (TPSA) is 53.2 Å². The van der Waals surface area contributed by atoms with Crippen LogP contribution in [0.25, 0.3) is 0 Å². The normalized spacial score (nSPS) is 28.1. The van der Waals surface area contributed by atoms with Crippen LogP contribution in [-0.4, -0.2) is 24.7 Å². The summed E-state index contributed by atoms with van der Waals surface area (Å²) in [6, 6.07) is 7.83. The second-order valence-corrected chi connectivity index (χ2v) is 4.34. The van der Waals surface area contributed by atoms with Crippen LogP contribution in [0.4, 0.5) is 5.69 Å². The van der Waals surface area contributed by atoms with Gasteiger partial charge in [-0.1, -0.05) is 12.1 Å². The smallest absolute Gasteiger partial charge is 0.253 e. The van der Waals surface area contributed by atoms with Gasteiger partial charge in [0.25, 0.3) is 5.91 Å². The van der Waals surface area contributed by atoms with Crippen LogP contribution < -0.4 is 16.0 Å². The van der Waals surface area contributed by atoms with E-state index in [-0.39, 0.29) is 18.1 Å². The van der Waals surface area contributed by atoms with E-state index in [9.17, 15) is 4.79 Å². The lowest BCUT2D eigenvalue weighted by Crippen LogP contribution is -2.55. The van der Waals surface area contributed by atoms with Crippen molar-refractivity contribution in [2.24, 2.45) is 0 Å². The molecule has 3 N–H and O–H groups in total. The zero-order valence-electron chi connectivity index (χ0n) is 8.99. The van der Waals surface area contributed by atoms with Gasteiger partial charge in [0.15, 0.2) is 0 Å². The van der Waals surface area contributed by atoms with Crippen LogP contribution in [0.1, 0.15) is 23.2 Å². The highest BCUT2D eigenvalue weighted by molar-refractivity contribution is 6.00. The molecule has 0 aliphatic carbocycles. The fraction of sp³-hybridized carbons (Fsp3) is 0.417. The summed E-state index contributed by atoms with van der Waals surface area (Å²) in [4.78, 5) is 12.0. The van der Waals surface area contributed by atoms with Crippen molar-refractivity contribution in [3.63, 3.8) is 0 Å². The van der Waals surface area contributed by atoms with E-state index in [0.29, 0.717) is 0 Å². The first kappa shape index (κ1) is 9.66. The van der Waals surface area contributed by atoms with Gasteiger partial charge in [0.2, 0.25) is 0 Å². The molecule has 0 unspecified atom stereocenters. The molecule has 0 saturated carbocycles. The molecule has 1 saturated heterocycles. The van der Waals surface area contributed by atoms with Crippen molar-refractivity contribution in [3.05, 3.63) is 29.8 Å². The molecule has 2 heterocycles. The summed E-state index contributed by atoms with van der Waals surface area (Å²) < 4.78 is 0. The predicted molar refractivity (Wildman–Crippen MR) is 62.3 cm³/mol. The SMILES string of the molecule is O=C1N[C@H]2CCCN[C@@H]2Nc2ccccc21. The number of carbonyl (C=O) groups excluding carboxylic acids is 1. The third-order valence-electron chi connectivity index (χ3n) is 3.26. The van der Waals surface area contributed by atoms with Gasteiger partial charge in [0, 0.05) is 5.69 Å². The molecule has 1 aromatic carbocycles. The highest BCUT2D eigenvalue weighted by Gasteiger charge is 2.30. The molecule has 1 amide bonds.